The average molecular weight is 291 g/mol. The maximum absolute atomic E-state index is 11.5. The van der Waals surface area contributed by atoms with Crippen molar-refractivity contribution in [3.63, 3.8) is 0 Å². The lowest BCUT2D eigenvalue weighted by molar-refractivity contribution is 0.0601. The van der Waals surface area contributed by atoms with Crippen molar-refractivity contribution in [2.45, 2.75) is 19.8 Å². The summed E-state index contributed by atoms with van der Waals surface area (Å²) in [5, 5.41) is 3.35. The lowest BCUT2D eigenvalue weighted by Gasteiger charge is -2.21. The van der Waals surface area contributed by atoms with Crippen LogP contribution in [0.4, 0.5) is 11.4 Å². The first kappa shape index (κ1) is 15.6. The molecule has 1 atom stereocenters. The minimum absolute atomic E-state index is 0.344. The van der Waals surface area contributed by atoms with Crippen LogP contribution in [0, 0.1) is 5.92 Å². The van der Waals surface area contributed by atoms with Gasteiger partial charge in [0.1, 0.15) is 0 Å². The summed E-state index contributed by atoms with van der Waals surface area (Å²) in [6.45, 7) is 6.59. The number of ether oxygens (including phenoxy) is 1. The van der Waals surface area contributed by atoms with Crippen LogP contribution in [0.2, 0.25) is 0 Å². The van der Waals surface area contributed by atoms with Crippen LogP contribution in [0.15, 0.2) is 18.2 Å². The van der Waals surface area contributed by atoms with Crippen LogP contribution in [0.1, 0.15) is 30.1 Å². The maximum atomic E-state index is 11.5. The van der Waals surface area contributed by atoms with Gasteiger partial charge in [0, 0.05) is 13.1 Å². The Morgan fingerprint density at radius 3 is 2.81 bits per heavy atom. The molecule has 5 nitrogen and oxygen atoms in total. The van der Waals surface area contributed by atoms with E-state index in [2.05, 4.69) is 17.1 Å². The Morgan fingerprint density at radius 1 is 1.43 bits per heavy atom. The maximum Gasteiger partial charge on any atom is 0.337 e. The van der Waals surface area contributed by atoms with Crippen molar-refractivity contribution in [1.82, 2.24) is 4.90 Å². The molecule has 0 radical (unpaired) electrons. The predicted molar refractivity (Wildman–Crippen MR) is 85.5 cm³/mol. The number of methoxy groups -OCH3 is 1. The molecule has 5 heteroatoms. The summed E-state index contributed by atoms with van der Waals surface area (Å²) in [5.74, 6) is 0.187. The van der Waals surface area contributed by atoms with Crippen molar-refractivity contribution in [3.8, 4) is 0 Å². The van der Waals surface area contributed by atoms with Gasteiger partial charge in [-0.3, -0.25) is 0 Å². The van der Waals surface area contributed by atoms with Gasteiger partial charge in [0.15, 0.2) is 0 Å². The van der Waals surface area contributed by atoms with Crippen LogP contribution in [0.3, 0.4) is 0 Å². The number of hydrogen-bond donors (Lipinski definition) is 2. The van der Waals surface area contributed by atoms with Gasteiger partial charge in [0.2, 0.25) is 0 Å². The highest BCUT2D eigenvalue weighted by atomic mass is 16.5. The minimum Gasteiger partial charge on any atom is -0.465 e. The van der Waals surface area contributed by atoms with Gasteiger partial charge >= 0.3 is 5.97 Å². The first-order valence-electron chi connectivity index (χ1n) is 7.54. The van der Waals surface area contributed by atoms with Gasteiger partial charge in [-0.2, -0.15) is 0 Å². The Balaban J connectivity index is 1.90. The number of nitrogens with zero attached hydrogens (tertiary/aromatic N) is 1. The third-order valence-electron chi connectivity index (χ3n) is 3.88. The second-order valence-corrected chi connectivity index (χ2v) is 5.79. The van der Waals surface area contributed by atoms with E-state index < -0.39 is 0 Å². The molecule has 116 valence electrons. The molecule has 1 unspecified atom stereocenters. The molecular formula is C16H25N3O2. The normalized spacial score (nSPS) is 16.7. The summed E-state index contributed by atoms with van der Waals surface area (Å²) in [6.07, 6.45) is 2.63. The summed E-state index contributed by atoms with van der Waals surface area (Å²) < 4.78 is 4.73. The molecule has 0 bridgehead atoms. The third-order valence-corrected chi connectivity index (χ3v) is 3.88. The summed E-state index contributed by atoms with van der Waals surface area (Å²) in [7, 11) is 1.38. The zero-order chi connectivity index (χ0) is 15.2. The number of carbonyl (C=O) groups is 1. The molecule has 1 aromatic carbocycles. The van der Waals surface area contributed by atoms with Crippen LogP contribution in [0.25, 0.3) is 0 Å². The molecule has 1 aliphatic heterocycles. The SMILES string of the molecule is COC(=O)c1ccc(N)c(NCC(C)CN2CCCC2)c1. The molecule has 21 heavy (non-hydrogen) atoms. The molecular weight excluding hydrogens is 266 g/mol. The molecule has 1 aromatic rings. The molecule has 0 amide bonds. The van der Waals surface area contributed by atoms with Crippen molar-refractivity contribution in [2.75, 3.05) is 44.3 Å². The fourth-order valence-corrected chi connectivity index (χ4v) is 2.71. The highest BCUT2D eigenvalue weighted by Gasteiger charge is 2.15. The Kier molecular flexibility index (Phi) is 5.44. The van der Waals surface area contributed by atoms with E-state index in [9.17, 15) is 4.79 Å². The summed E-state index contributed by atoms with van der Waals surface area (Å²) in [5.41, 5.74) is 7.92. The van der Waals surface area contributed by atoms with Crippen molar-refractivity contribution >= 4 is 17.3 Å². The molecule has 0 spiro atoms. The van der Waals surface area contributed by atoms with Gasteiger partial charge in [0.25, 0.3) is 0 Å². The zero-order valence-corrected chi connectivity index (χ0v) is 12.9. The standard InChI is InChI=1S/C16H25N3O2/c1-12(11-19-7-3-4-8-19)10-18-15-9-13(16(20)21-2)5-6-14(15)17/h5-6,9,12,18H,3-4,7-8,10-11,17H2,1-2H3. The largest absolute Gasteiger partial charge is 0.465 e. The molecule has 2 rings (SSSR count). The fourth-order valence-electron chi connectivity index (χ4n) is 2.71. The Labute approximate surface area is 126 Å². The van der Waals surface area contributed by atoms with Gasteiger partial charge < -0.3 is 20.7 Å². The second kappa shape index (κ2) is 7.31. The zero-order valence-electron chi connectivity index (χ0n) is 12.9. The Bertz CT molecular complexity index is 484. The van der Waals surface area contributed by atoms with Gasteiger partial charge in [-0.05, 0) is 50.0 Å². The second-order valence-electron chi connectivity index (χ2n) is 5.79. The molecule has 0 aromatic heterocycles. The van der Waals surface area contributed by atoms with E-state index in [1.807, 2.05) is 0 Å². The topological polar surface area (TPSA) is 67.6 Å². The number of benzene rings is 1. The van der Waals surface area contributed by atoms with E-state index in [1.54, 1.807) is 18.2 Å². The van der Waals surface area contributed by atoms with Crippen molar-refractivity contribution in [3.05, 3.63) is 23.8 Å². The average Bonchev–Trinajstić information content (AvgIpc) is 2.98. The molecule has 1 saturated heterocycles. The summed E-state index contributed by atoms with van der Waals surface area (Å²) >= 11 is 0. The van der Waals surface area contributed by atoms with E-state index in [0.717, 1.165) is 18.8 Å². The van der Waals surface area contributed by atoms with Gasteiger partial charge in [-0.15, -0.1) is 0 Å². The van der Waals surface area contributed by atoms with Gasteiger partial charge in [-0.25, -0.2) is 4.79 Å². The van der Waals surface area contributed by atoms with Crippen LogP contribution < -0.4 is 11.1 Å². The van der Waals surface area contributed by atoms with Crippen LogP contribution >= 0.6 is 0 Å². The number of hydrogen-bond acceptors (Lipinski definition) is 5. The van der Waals surface area contributed by atoms with Crippen molar-refractivity contribution < 1.29 is 9.53 Å². The lowest BCUT2D eigenvalue weighted by atomic mass is 10.1. The highest BCUT2D eigenvalue weighted by molar-refractivity contribution is 5.91. The summed E-state index contributed by atoms with van der Waals surface area (Å²) in [6, 6.07) is 5.17. The van der Waals surface area contributed by atoms with E-state index in [0.29, 0.717) is 17.2 Å². The summed E-state index contributed by atoms with van der Waals surface area (Å²) in [4.78, 5) is 14.0. The first-order chi connectivity index (χ1) is 10.1. The Morgan fingerprint density at radius 2 is 2.14 bits per heavy atom. The molecule has 0 aliphatic carbocycles. The molecule has 1 aliphatic rings. The van der Waals surface area contributed by atoms with Gasteiger partial charge in [-0.1, -0.05) is 6.92 Å². The van der Waals surface area contributed by atoms with E-state index in [4.69, 9.17) is 10.5 Å². The number of likely N-dealkylation sites (tertiary alicyclic amines) is 1. The fraction of sp³-hybridized carbons (Fsp3) is 0.562. The molecule has 1 heterocycles. The number of rotatable bonds is 6. The van der Waals surface area contributed by atoms with Crippen molar-refractivity contribution in [1.29, 1.82) is 0 Å². The number of nitrogens with two attached hydrogens (primary N) is 1. The van der Waals surface area contributed by atoms with Crippen LogP contribution in [-0.2, 0) is 4.74 Å². The number of carbonyl (C=O) groups excluding carboxylic acids is 1. The van der Waals surface area contributed by atoms with E-state index in [1.165, 1.54) is 33.0 Å². The first-order valence-corrected chi connectivity index (χ1v) is 7.54. The van der Waals surface area contributed by atoms with E-state index >= 15 is 0 Å². The quantitative estimate of drug-likeness (QED) is 0.621. The molecule has 3 N–H and O–H groups in total. The smallest absolute Gasteiger partial charge is 0.337 e. The number of nitrogens with one attached hydrogen (secondary N) is 1. The predicted octanol–water partition coefficient (Wildman–Crippen LogP) is 2.20. The minimum atomic E-state index is -0.344. The third kappa shape index (κ3) is 4.36. The van der Waals surface area contributed by atoms with Gasteiger partial charge in [0.05, 0.1) is 24.0 Å². The molecule has 1 fully saturated rings. The monoisotopic (exact) mass is 291 g/mol. The lowest BCUT2D eigenvalue weighted by Crippen LogP contribution is -2.29. The number of nitrogen functional groups attached to an aromatic ring is 1. The molecule has 0 saturated carbocycles. The Hall–Kier alpha value is -1.75. The van der Waals surface area contributed by atoms with E-state index in [-0.39, 0.29) is 5.97 Å². The number of anilines is 2. The van der Waals surface area contributed by atoms with Crippen LogP contribution in [0.5, 0.6) is 0 Å². The van der Waals surface area contributed by atoms with Crippen LogP contribution in [-0.4, -0.2) is 44.2 Å². The number of esters is 1. The van der Waals surface area contributed by atoms with Crippen molar-refractivity contribution in [2.24, 2.45) is 5.92 Å². The highest BCUT2D eigenvalue weighted by Crippen LogP contribution is 2.21.